The van der Waals surface area contributed by atoms with Gasteiger partial charge in [0.05, 0.1) is 17.4 Å². The Morgan fingerprint density at radius 2 is 1.53 bits per heavy atom. The molecule has 0 spiro atoms. The molecule has 0 aromatic heterocycles. The first kappa shape index (κ1) is 17.1. The molecule has 4 nitrogen and oxygen atoms in total. The zero-order valence-electron chi connectivity index (χ0n) is 16.4. The van der Waals surface area contributed by atoms with Gasteiger partial charge in [-0.2, -0.15) is 5.10 Å². The van der Waals surface area contributed by atoms with Crippen molar-refractivity contribution in [2.75, 3.05) is 11.8 Å². The van der Waals surface area contributed by atoms with Crippen LogP contribution in [0.4, 0.5) is 5.69 Å². The average molecular weight is 392 g/mol. The predicted octanol–water partition coefficient (Wildman–Crippen LogP) is 5.92. The lowest BCUT2D eigenvalue weighted by molar-refractivity contribution is 0.174. The van der Waals surface area contributed by atoms with Gasteiger partial charge in [-0.3, -0.25) is 5.01 Å². The van der Waals surface area contributed by atoms with Gasteiger partial charge in [0, 0.05) is 6.42 Å². The van der Waals surface area contributed by atoms with Crippen LogP contribution in [0.3, 0.4) is 0 Å². The van der Waals surface area contributed by atoms with E-state index in [1.165, 1.54) is 16.3 Å². The van der Waals surface area contributed by atoms with Gasteiger partial charge in [-0.1, -0.05) is 60.7 Å². The molecular formula is C26H20N2O2. The molecule has 0 unspecified atom stereocenters. The highest BCUT2D eigenvalue weighted by molar-refractivity contribution is 6.05. The lowest BCUT2D eigenvalue weighted by Crippen LogP contribution is -2.18. The van der Waals surface area contributed by atoms with Crippen LogP contribution in [0.1, 0.15) is 23.6 Å². The normalized spacial score (nSPS) is 17.4. The van der Waals surface area contributed by atoms with Gasteiger partial charge in [0.15, 0.2) is 11.5 Å². The van der Waals surface area contributed by atoms with Gasteiger partial charge in [-0.05, 0) is 52.2 Å². The smallest absolute Gasteiger partial charge is 0.231 e. The van der Waals surface area contributed by atoms with Crippen molar-refractivity contribution >= 4 is 22.2 Å². The second-order valence-electron chi connectivity index (χ2n) is 7.62. The summed E-state index contributed by atoms with van der Waals surface area (Å²) in [5.41, 5.74) is 4.50. The van der Waals surface area contributed by atoms with E-state index in [9.17, 15) is 0 Å². The van der Waals surface area contributed by atoms with Crippen molar-refractivity contribution in [3.63, 3.8) is 0 Å². The first-order valence-corrected chi connectivity index (χ1v) is 10.2. The highest BCUT2D eigenvalue weighted by atomic mass is 16.7. The van der Waals surface area contributed by atoms with Crippen LogP contribution in [0.2, 0.25) is 0 Å². The number of hydrogen-bond donors (Lipinski definition) is 0. The molecule has 4 heteroatoms. The Morgan fingerprint density at radius 1 is 0.733 bits per heavy atom. The van der Waals surface area contributed by atoms with Crippen molar-refractivity contribution in [2.45, 2.75) is 12.5 Å². The topological polar surface area (TPSA) is 34.1 Å². The first-order valence-electron chi connectivity index (χ1n) is 10.2. The molecule has 0 fully saturated rings. The van der Waals surface area contributed by atoms with Crippen LogP contribution in [0, 0.1) is 0 Å². The third kappa shape index (κ3) is 2.89. The van der Waals surface area contributed by atoms with Gasteiger partial charge in [-0.25, -0.2) is 0 Å². The lowest BCUT2D eigenvalue weighted by Gasteiger charge is -2.24. The van der Waals surface area contributed by atoms with Crippen LogP contribution in [-0.2, 0) is 0 Å². The van der Waals surface area contributed by atoms with Crippen molar-refractivity contribution in [3.05, 3.63) is 102 Å². The monoisotopic (exact) mass is 392 g/mol. The van der Waals surface area contributed by atoms with Gasteiger partial charge >= 0.3 is 0 Å². The highest BCUT2D eigenvalue weighted by Gasteiger charge is 2.31. The summed E-state index contributed by atoms with van der Waals surface area (Å²) in [4.78, 5) is 0. The number of rotatable bonds is 3. The minimum atomic E-state index is 0.100. The number of fused-ring (bicyclic) bond motifs is 2. The molecule has 0 amide bonds. The molecular weight excluding hydrogens is 372 g/mol. The van der Waals surface area contributed by atoms with E-state index in [0.29, 0.717) is 0 Å². The fourth-order valence-electron chi connectivity index (χ4n) is 4.25. The van der Waals surface area contributed by atoms with E-state index in [0.717, 1.165) is 34.9 Å². The second-order valence-corrected chi connectivity index (χ2v) is 7.62. The third-order valence-corrected chi connectivity index (χ3v) is 5.80. The fourth-order valence-corrected chi connectivity index (χ4v) is 4.25. The Kier molecular flexibility index (Phi) is 3.94. The van der Waals surface area contributed by atoms with Crippen molar-refractivity contribution in [2.24, 2.45) is 5.10 Å². The Hall–Kier alpha value is -3.79. The Morgan fingerprint density at radius 3 is 2.43 bits per heavy atom. The highest BCUT2D eigenvalue weighted by Crippen LogP contribution is 2.41. The molecule has 2 aliphatic rings. The summed E-state index contributed by atoms with van der Waals surface area (Å²) >= 11 is 0. The number of hydrazone groups is 1. The number of anilines is 1. The van der Waals surface area contributed by atoms with E-state index in [2.05, 4.69) is 83.9 Å². The molecule has 0 saturated carbocycles. The first-order chi connectivity index (χ1) is 14.8. The maximum atomic E-state index is 5.62. The molecule has 2 aliphatic heterocycles. The minimum Gasteiger partial charge on any atom is -0.454 e. The lowest BCUT2D eigenvalue weighted by atomic mass is 9.96. The van der Waals surface area contributed by atoms with Crippen LogP contribution < -0.4 is 14.5 Å². The summed E-state index contributed by atoms with van der Waals surface area (Å²) in [5, 5.41) is 9.67. The van der Waals surface area contributed by atoms with Crippen LogP contribution in [0.5, 0.6) is 11.5 Å². The Balaban J connectivity index is 1.42. The third-order valence-electron chi connectivity index (χ3n) is 5.80. The van der Waals surface area contributed by atoms with Gasteiger partial charge in [-0.15, -0.1) is 0 Å². The zero-order valence-corrected chi connectivity index (χ0v) is 16.4. The van der Waals surface area contributed by atoms with Gasteiger partial charge < -0.3 is 9.47 Å². The van der Waals surface area contributed by atoms with Gasteiger partial charge in [0.25, 0.3) is 0 Å². The van der Waals surface area contributed by atoms with Crippen LogP contribution in [-0.4, -0.2) is 12.5 Å². The van der Waals surface area contributed by atoms with Crippen molar-refractivity contribution in [1.82, 2.24) is 0 Å². The standard InChI is InChI=1S/C26H20N2O2/c1-2-8-22(9-3-1)28-24(21-12-13-25-26(15-21)30-17-29-25)16-23(27-28)20-11-10-18-6-4-5-7-19(18)14-20/h1-15,24H,16-17H2/t24-/m1/s1. The molecule has 0 aliphatic carbocycles. The van der Waals surface area contributed by atoms with Crippen molar-refractivity contribution in [1.29, 1.82) is 0 Å². The molecule has 0 bridgehead atoms. The van der Waals surface area contributed by atoms with Crippen LogP contribution in [0.25, 0.3) is 10.8 Å². The number of nitrogens with zero attached hydrogens (tertiary/aromatic N) is 2. The number of para-hydroxylation sites is 1. The quantitative estimate of drug-likeness (QED) is 0.434. The van der Waals surface area contributed by atoms with Crippen molar-refractivity contribution in [3.8, 4) is 11.5 Å². The Bertz CT molecular complexity index is 1270. The number of ether oxygens (including phenoxy) is 2. The Labute approximate surface area is 175 Å². The molecule has 4 aromatic carbocycles. The van der Waals surface area contributed by atoms with E-state index < -0.39 is 0 Å². The van der Waals surface area contributed by atoms with E-state index >= 15 is 0 Å². The summed E-state index contributed by atoms with van der Waals surface area (Å²) in [6.07, 6.45) is 0.826. The van der Waals surface area contributed by atoms with E-state index in [4.69, 9.17) is 14.6 Å². The largest absolute Gasteiger partial charge is 0.454 e. The minimum absolute atomic E-state index is 0.100. The number of hydrogen-bond acceptors (Lipinski definition) is 4. The van der Waals surface area contributed by atoms with Crippen LogP contribution in [0.15, 0.2) is 96.1 Å². The van der Waals surface area contributed by atoms with E-state index in [1.54, 1.807) is 0 Å². The van der Waals surface area contributed by atoms with E-state index in [1.807, 2.05) is 12.1 Å². The second kappa shape index (κ2) is 6.92. The maximum absolute atomic E-state index is 5.62. The summed E-state index contributed by atoms with van der Waals surface area (Å²) in [5.74, 6) is 1.61. The number of benzene rings is 4. The summed E-state index contributed by atoms with van der Waals surface area (Å²) in [7, 11) is 0. The summed E-state index contributed by atoms with van der Waals surface area (Å²) in [6.45, 7) is 0.282. The van der Waals surface area contributed by atoms with Crippen LogP contribution >= 0.6 is 0 Å². The van der Waals surface area contributed by atoms with Gasteiger partial charge in [0.1, 0.15) is 0 Å². The van der Waals surface area contributed by atoms with E-state index in [-0.39, 0.29) is 12.8 Å². The summed E-state index contributed by atoms with van der Waals surface area (Å²) in [6, 6.07) is 31.7. The predicted molar refractivity (Wildman–Crippen MR) is 119 cm³/mol. The molecule has 1 atom stereocenters. The van der Waals surface area contributed by atoms with Gasteiger partial charge in [0.2, 0.25) is 6.79 Å². The molecule has 0 radical (unpaired) electrons. The molecule has 0 saturated heterocycles. The zero-order chi connectivity index (χ0) is 19.9. The molecule has 2 heterocycles. The molecule has 0 N–H and O–H groups in total. The molecule has 146 valence electrons. The summed E-state index contributed by atoms with van der Waals surface area (Å²) < 4.78 is 11.1. The maximum Gasteiger partial charge on any atom is 0.231 e. The SMILES string of the molecule is c1ccc(N2N=C(c3ccc4ccccc4c3)C[C@@H]2c2ccc3c(c2)OCO3)cc1. The molecule has 6 rings (SSSR count). The molecule has 4 aromatic rings. The molecule has 30 heavy (non-hydrogen) atoms. The average Bonchev–Trinajstić information content (AvgIpc) is 3.46. The van der Waals surface area contributed by atoms with Crippen molar-refractivity contribution < 1.29 is 9.47 Å². The fraction of sp³-hybridized carbons (Fsp3) is 0.115.